The summed E-state index contributed by atoms with van der Waals surface area (Å²) in [5.74, 6) is -0.227. The van der Waals surface area contributed by atoms with Gasteiger partial charge in [0.1, 0.15) is 16.9 Å². The second kappa shape index (κ2) is 17.1. The van der Waals surface area contributed by atoms with Gasteiger partial charge in [0.15, 0.2) is 18.2 Å². The van der Waals surface area contributed by atoms with Crippen molar-refractivity contribution in [3.63, 3.8) is 0 Å². The number of imide groups is 1. The quantitative estimate of drug-likeness (QED) is 0.179. The highest BCUT2D eigenvalue weighted by Crippen LogP contribution is 2.45. The summed E-state index contributed by atoms with van der Waals surface area (Å²) in [6, 6.07) is 9.51. The van der Waals surface area contributed by atoms with Crippen LogP contribution in [0.15, 0.2) is 47.4 Å². The van der Waals surface area contributed by atoms with E-state index in [9.17, 15) is 24.0 Å². The lowest BCUT2D eigenvalue weighted by molar-refractivity contribution is -0.137. The van der Waals surface area contributed by atoms with Gasteiger partial charge in [0.25, 0.3) is 17.4 Å². The van der Waals surface area contributed by atoms with E-state index in [2.05, 4.69) is 35.6 Å². The Morgan fingerprint density at radius 3 is 2.49 bits per heavy atom. The second-order valence-corrected chi connectivity index (χ2v) is 18.4. The van der Waals surface area contributed by atoms with E-state index < -0.39 is 17.8 Å². The van der Waals surface area contributed by atoms with Crippen molar-refractivity contribution in [2.75, 3.05) is 74.6 Å². The van der Waals surface area contributed by atoms with E-state index in [0.717, 1.165) is 82.4 Å². The molecule has 3 N–H and O–H groups in total. The van der Waals surface area contributed by atoms with Crippen LogP contribution in [0, 0.1) is 17.2 Å². The molecule has 4 fully saturated rings. The molecule has 1 unspecified atom stereocenters. The fourth-order valence-corrected chi connectivity index (χ4v) is 10.1. The molecular formula is C45H52ClFN10O6. The van der Waals surface area contributed by atoms with E-state index in [1.807, 2.05) is 32.0 Å². The molecule has 0 radical (unpaired) electrons. The molecule has 2 aromatic carbocycles. The van der Waals surface area contributed by atoms with Crippen LogP contribution >= 0.6 is 11.6 Å². The minimum absolute atomic E-state index is 0.0897. The molecule has 0 aliphatic carbocycles. The minimum Gasteiger partial charge on any atom is -0.478 e. The number of halogens is 2. The first kappa shape index (κ1) is 42.5. The van der Waals surface area contributed by atoms with Gasteiger partial charge in [-0.2, -0.15) is 4.98 Å². The number of ether oxygens (including phenoxy) is 1. The number of amides is 4. The zero-order chi connectivity index (χ0) is 44.2. The van der Waals surface area contributed by atoms with E-state index in [1.54, 1.807) is 22.9 Å². The van der Waals surface area contributed by atoms with Gasteiger partial charge in [-0.3, -0.25) is 29.3 Å². The molecule has 16 nitrogen and oxygen atoms in total. The smallest absolute Gasteiger partial charge is 0.293 e. The zero-order valence-electron chi connectivity index (χ0n) is 35.7. The van der Waals surface area contributed by atoms with Crippen molar-refractivity contribution in [1.82, 2.24) is 35.0 Å². The number of rotatable bonds is 11. The normalized spacial score (nSPS) is 20.3. The van der Waals surface area contributed by atoms with Crippen molar-refractivity contribution in [1.29, 1.82) is 0 Å². The summed E-state index contributed by atoms with van der Waals surface area (Å²) >= 11 is 6.61. The van der Waals surface area contributed by atoms with Crippen molar-refractivity contribution in [2.45, 2.75) is 71.0 Å². The second-order valence-electron chi connectivity index (χ2n) is 18.0. The first-order valence-corrected chi connectivity index (χ1v) is 22.2. The van der Waals surface area contributed by atoms with Crippen LogP contribution in [0.5, 0.6) is 5.75 Å². The number of nitrogens with one attached hydrogen (secondary N) is 3. The lowest BCUT2D eigenvalue weighted by atomic mass is 9.71. The number of aromatic nitrogens is 3. The Hall–Kier alpha value is -5.81. The number of benzene rings is 2. The Bertz CT molecular complexity index is 2550. The third kappa shape index (κ3) is 8.40. The van der Waals surface area contributed by atoms with Crippen LogP contribution in [-0.4, -0.2) is 113 Å². The molecular weight excluding hydrogens is 831 g/mol. The summed E-state index contributed by atoms with van der Waals surface area (Å²) in [6.07, 6.45) is 6.18. The summed E-state index contributed by atoms with van der Waals surface area (Å²) in [5.41, 5.74) is 2.80. The fourth-order valence-electron chi connectivity index (χ4n) is 9.92. The van der Waals surface area contributed by atoms with Gasteiger partial charge in [-0.25, -0.2) is 9.37 Å². The summed E-state index contributed by atoms with van der Waals surface area (Å²) in [7, 11) is 1.51. The molecule has 1 spiro atoms. The van der Waals surface area contributed by atoms with Crippen LogP contribution in [0.3, 0.4) is 0 Å². The van der Waals surface area contributed by atoms with Crippen LogP contribution in [0.2, 0.25) is 5.02 Å². The van der Waals surface area contributed by atoms with Crippen molar-refractivity contribution in [2.24, 2.45) is 11.3 Å². The maximum absolute atomic E-state index is 15.5. The van der Waals surface area contributed by atoms with Gasteiger partial charge in [0.05, 0.1) is 17.4 Å². The highest BCUT2D eigenvalue weighted by molar-refractivity contribution is 6.33. The SMILES string of the molecule is CNC(=O)COc1cc2cc(Nc3nc(N4CCC(CN5CCC6(CC5)CN(c5cc7c(cc5F)C(=O)N(C5CCC(=O)NC5=O)C7)C6)CC4)ncc3Cl)ccc2n(C(C)C)c1=O. The molecule has 0 bridgehead atoms. The van der Waals surface area contributed by atoms with Crippen LogP contribution in [-0.2, 0) is 20.9 Å². The van der Waals surface area contributed by atoms with Gasteiger partial charge in [0, 0.05) is 80.8 Å². The predicted octanol–water partition coefficient (Wildman–Crippen LogP) is 4.61. The molecule has 4 amide bonds. The van der Waals surface area contributed by atoms with E-state index in [-0.39, 0.29) is 66.5 Å². The number of likely N-dealkylation sites (N-methyl/N-ethyl adjacent to an activating group) is 1. The molecule has 5 aliphatic heterocycles. The average molecular weight is 883 g/mol. The summed E-state index contributed by atoms with van der Waals surface area (Å²) in [6.45, 7) is 10.0. The van der Waals surface area contributed by atoms with Gasteiger partial charge in [-0.05, 0) is 107 Å². The molecule has 4 saturated heterocycles. The number of fused-ring (bicyclic) bond motifs is 2. The molecule has 9 rings (SSSR count). The van der Waals surface area contributed by atoms with Crippen LogP contribution < -0.4 is 36.0 Å². The van der Waals surface area contributed by atoms with Crippen LogP contribution in [0.25, 0.3) is 10.9 Å². The number of carbonyl (C=O) groups is 4. The highest BCUT2D eigenvalue weighted by Gasteiger charge is 2.47. The lowest BCUT2D eigenvalue weighted by Crippen LogP contribution is -2.61. The maximum Gasteiger partial charge on any atom is 0.293 e. The van der Waals surface area contributed by atoms with Crippen molar-refractivity contribution >= 4 is 69.3 Å². The molecule has 1 atom stereocenters. The molecule has 0 saturated carbocycles. The Kier molecular flexibility index (Phi) is 11.5. The Morgan fingerprint density at radius 2 is 1.78 bits per heavy atom. The number of anilines is 4. The predicted molar refractivity (Wildman–Crippen MR) is 236 cm³/mol. The number of pyridine rings is 1. The monoisotopic (exact) mass is 882 g/mol. The van der Waals surface area contributed by atoms with E-state index >= 15 is 4.39 Å². The molecule has 2 aromatic heterocycles. The zero-order valence-corrected chi connectivity index (χ0v) is 36.5. The third-order valence-corrected chi connectivity index (χ3v) is 13.7. The van der Waals surface area contributed by atoms with E-state index in [4.69, 9.17) is 21.3 Å². The Labute approximate surface area is 369 Å². The van der Waals surface area contributed by atoms with Crippen molar-refractivity contribution in [3.8, 4) is 5.75 Å². The molecule has 4 aromatic rings. The van der Waals surface area contributed by atoms with E-state index in [0.29, 0.717) is 45.2 Å². The standard InChI is InChI=1S/C45H52ClFN10O6/c1-26(2)57-34-5-4-30(16-28(34)18-37(43(57)62)63-23-39(59)48-3)50-40-32(46)20-49-44(52-40)54-12-8-27(9-13-54)21-53-14-10-45(11-15-53)24-55(25-45)36-17-29-22-56(42(61)31(29)19-33(36)47)35-6-7-38(58)51-41(35)60/h4-5,16-20,26-27,35H,6-15,21-25H2,1-3H3,(H,48,59)(H,49,50,52)(H,51,58,60). The number of piperidine rings is 3. The first-order valence-electron chi connectivity index (χ1n) is 21.8. The van der Waals surface area contributed by atoms with Gasteiger partial charge >= 0.3 is 0 Å². The molecule has 18 heteroatoms. The number of carbonyl (C=O) groups excluding carboxylic acids is 4. The number of nitrogens with zero attached hydrogens (tertiary/aromatic N) is 7. The maximum atomic E-state index is 15.5. The summed E-state index contributed by atoms with van der Waals surface area (Å²) < 4.78 is 22.8. The topological polar surface area (TPSA) is 174 Å². The first-order chi connectivity index (χ1) is 30.3. The average Bonchev–Trinajstić information content (AvgIpc) is 3.56. The number of likely N-dealkylation sites (tertiary alicyclic amines) is 1. The Balaban J connectivity index is 0.766. The lowest BCUT2D eigenvalue weighted by Gasteiger charge is -2.55. The van der Waals surface area contributed by atoms with Crippen molar-refractivity contribution in [3.05, 3.63) is 74.9 Å². The largest absolute Gasteiger partial charge is 0.478 e. The van der Waals surface area contributed by atoms with Gasteiger partial charge in [0.2, 0.25) is 17.8 Å². The molecule has 5 aliphatic rings. The Morgan fingerprint density at radius 1 is 1.02 bits per heavy atom. The number of hydrogen-bond donors (Lipinski definition) is 3. The minimum atomic E-state index is -0.729. The summed E-state index contributed by atoms with van der Waals surface area (Å²) in [5, 5.41) is 9.29. The van der Waals surface area contributed by atoms with Gasteiger partial charge < -0.3 is 39.5 Å². The molecule has 332 valence electrons. The molecule has 63 heavy (non-hydrogen) atoms. The van der Waals surface area contributed by atoms with Crippen LogP contribution in [0.4, 0.5) is 27.5 Å². The third-order valence-electron chi connectivity index (χ3n) is 13.5. The van der Waals surface area contributed by atoms with Gasteiger partial charge in [-0.15, -0.1) is 0 Å². The van der Waals surface area contributed by atoms with Crippen LogP contribution in [0.1, 0.15) is 74.3 Å². The van der Waals surface area contributed by atoms with Crippen molar-refractivity contribution < 1.29 is 28.3 Å². The fraction of sp³-hybridized carbons (Fsp3) is 0.489. The highest BCUT2D eigenvalue weighted by atomic mass is 35.5. The number of hydrogen-bond acceptors (Lipinski definition) is 12. The molecule has 7 heterocycles. The van der Waals surface area contributed by atoms with Gasteiger partial charge in [-0.1, -0.05) is 11.6 Å². The summed E-state index contributed by atoms with van der Waals surface area (Å²) in [4.78, 5) is 80.1. The van der Waals surface area contributed by atoms with E-state index in [1.165, 1.54) is 18.0 Å².